The van der Waals surface area contributed by atoms with E-state index in [4.69, 9.17) is 13.9 Å². The molecule has 5 nitrogen and oxygen atoms in total. The number of hydrogen-bond donors (Lipinski definition) is 1. The summed E-state index contributed by atoms with van der Waals surface area (Å²) in [5.41, 5.74) is 1.60. The predicted molar refractivity (Wildman–Crippen MR) is 184 cm³/mol. The van der Waals surface area contributed by atoms with Gasteiger partial charge in [-0.3, -0.25) is 0 Å². The van der Waals surface area contributed by atoms with Gasteiger partial charge >= 0.3 is 5.97 Å². The van der Waals surface area contributed by atoms with Crippen molar-refractivity contribution in [2.24, 2.45) is 0 Å². The molecule has 6 heteroatoms. The number of ether oxygens (including phenoxy) is 2. The van der Waals surface area contributed by atoms with Crippen molar-refractivity contribution in [3.05, 3.63) is 132 Å². The van der Waals surface area contributed by atoms with Crippen molar-refractivity contribution < 1.29 is 23.8 Å². The molecule has 0 unspecified atom stereocenters. The van der Waals surface area contributed by atoms with E-state index in [1.807, 2.05) is 48.5 Å². The Morgan fingerprint density at radius 3 is 1.78 bits per heavy atom. The number of rotatable bonds is 17. The fourth-order valence-corrected chi connectivity index (χ4v) is 10.5. The van der Waals surface area contributed by atoms with Crippen LogP contribution in [0.25, 0.3) is 0 Å². The molecule has 2 atom stereocenters. The van der Waals surface area contributed by atoms with Crippen LogP contribution in [0.4, 0.5) is 0 Å². The van der Waals surface area contributed by atoms with Crippen molar-refractivity contribution in [3.8, 4) is 0 Å². The van der Waals surface area contributed by atoms with Crippen molar-refractivity contribution in [1.82, 2.24) is 0 Å². The van der Waals surface area contributed by atoms with Crippen LogP contribution in [-0.2, 0) is 20.5 Å². The molecule has 238 valence electrons. The van der Waals surface area contributed by atoms with E-state index < -0.39 is 14.4 Å². The summed E-state index contributed by atoms with van der Waals surface area (Å²) in [5, 5.41) is 13.6. The minimum absolute atomic E-state index is 0.0722. The Labute approximate surface area is 270 Å². The fraction of sp³-hybridized carbons (Fsp3) is 0.359. The van der Waals surface area contributed by atoms with Gasteiger partial charge in [-0.25, -0.2) is 4.79 Å². The molecule has 0 saturated carbocycles. The van der Waals surface area contributed by atoms with Gasteiger partial charge < -0.3 is 19.0 Å². The predicted octanol–water partition coefficient (Wildman–Crippen LogP) is 7.32. The molecule has 0 aliphatic carbocycles. The van der Waals surface area contributed by atoms with Gasteiger partial charge in [0.05, 0.1) is 31.0 Å². The molecular formula is C39H48O5Si. The summed E-state index contributed by atoms with van der Waals surface area (Å²) in [4.78, 5) is 12.3. The molecule has 0 aromatic heterocycles. The van der Waals surface area contributed by atoms with Crippen molar-refractivity contribution in [2.45, 2.75) is 76.7 Å². The van der Waals surface area contributed by atoms with Gasteiger partial charge in [0.2, 0.25) is 0 Å². The second-order valence-corrected chi connectivity index (χ2v) is 16.9. The molecule has 4 rings (SSSR count). The van der Waals surface area contributed by atoms with Gasteiger partial charge in [-0.15, -0.1) is 0 Å². The van der Waals surface area contributed by atoms with Crippen LogP contribution in [0.1, 0.15) is 68.8 Å². The Hall–Kier alpha value is -3.55. The van der Waals surface area contributed by atoms with Crippen LogP contribution in [0.2, 0.25) is 5.04 Å². The third-order valence-electron chi connectivity index (χ3n) is 8.24. The second-order valence-electron chi connectivity index (χ2n) is 12.6. The molecular weight excluding hydrogens is 577 g/mol. The maximum Gasteiger partial charge on any atom is 0.338 e. The maximum absolute atomic E-state index is 12.3. The summed E-state index contributed by atoms with van der Waals surface area (Å²) in [6, 6.07) is 40.4. The van der Waals surface area contributed by atoms with Gasteiger partial charge in [0.15, 0.2) is 0 Å². The van der Waals surface area contributed by atoms with Gasteiger partial charge in [-0.1, -0.05) is 130 Å². The zero-order valence-electron chi connectivity index (χ0n) is 26.9. The van der Waals surface area contributed by atoms with E-state index in [2.05, 4.69) is 81.4 Å². The third-order valence-corrected chi connectivity index (χ3v) is 13.3. The molecule has 0 amide bonds. The number of carbonyl (C=O) groups excluding carboxylic acids is 1. The van der Waals surface area contributed by atoms with Crippen LogP contribution in [-0.4, -0.2) is 44.8 Å². The highest BCUT2D eigenvalue weighted by atomic mass is 28.4. The monoisotopic (exact) mass is 624 g/mol. The van der Waals surface area contributed by atoms with Gasteiger partial charge in [0, 0.05) is 6.61 Å². The van der Waals surface area contributed by atoms with Crippen LogP contribution in [0.15, 0.2) is 121 Å². The SMILES string of the molecule is CC(C)(C)[Si](OCCCC[C@@H](OCc1ccccc1)[C@H](O)CCCOC(=O)c1ccccc1)(c1ccccc1)c1ccccc1. The zero-order valence-corrected chi connectivity index (χ0v) is 27.9. The molecule has 4 aromatic carbocycles. The lowest BCUT2D eigenvalue weighted by Gasteiger charge is -2.43. The molecule has 45 heavy (non-hydrogen) atoms. The number of esters is 1. The van der Waals surface area contributed by atoms with Crippen molar-refractivity contribution in [3.63, 3.8) is 0 Å². The highest BCUT2D eigenvalue weighted by Crippen LogP contribution is 2.37. The molecule has 0 aliphatic heterocycles. The average Bonchev–Trinajstić information content (AvgIpc) is 3.07. The lowest BCUT2D eigenvalue weighted by atomic mass is 10.0. The van der Waals surface area contributed by atoms with Crippen molar-refractivity contribution in [2.75, 3.05) is 13.2 Å². The number of unbranched alkanes of at least 4 members (excludes halogenated alkanes) is 1. The number of benzene rings is 4. The fourth-order valence-electron chi connectivity index (χ4n) is 5.90. The summed E-state index contributed by atoms with van der Waals surface area (Å²) < 4.78 is 18.8. The highest BCUT2D eigenvalue weighted by molar-refractivity contribution is 6.99. The third kappa shape index (κ3) is 9.72. The van der Waals surface area contributed by atoms with E-state index in [1.54, 1.807) is 12.1 Å². The zero-order chi connectivity index (χ0) is 32.0. The average molecular weight is 625 g/mol. The Morgan fingerprint density at radius 1 is 0.689 bits per heavy atom. The first-order valence-electron chi connectivity index (χ1n) is 16.1. The van der Waals surface area contributed by atoms with Crippen LogP contribution < -0.4 is 10.4 Å². The standard InChI is InChI=1S/C39H48O5Si/c1-39(2,3)45(34-23-12-6-13-24-34,35-25-14-7-15-26-35)44-30-17-16-28-37(43-31-32-19-8-4-9-20-32)36(40)27-18-29-42-38(41)33-21-10-5-11-22-33/h4-15,19-26,36-37,40H,16-18,27-31H2,1-3H3/t36-,37-/m1/s1. The number of aliphatic hydroxyl groups is 1. The normalized spacial score (nSPS) is 13.2. The molecule has 0 spiro atoms. The number of aliphatic hydroxyl groups excluding tert-OH is 1. The molecule has 1 N–H and O–H groups in total. The Bertz CT molecular complexity index is 1350. The van der Waals surface area contributed by atoms with E-state index in [9.17, 15) is 9.90 Å². The van der Waals surface area contributed by atoms with E-state index in [0.717, 1.165) is 18.4 Å². The lowest BCUT2D eigenvalue weighted by Crippen LogP contribution is -2.66. The van der Waals surface area contributed by atoms with Crippen molar-refractivity contribution >= 4 is 24.7 Å². The lowest BCUT2D eigenvalue weighted by molar-refractivity contribution is -0.0557. The molecule has 0 heterocycles. The van der Waals surface area contributed by atoms with E-state index in [0.29, 0.717) is 38.0 Å². The van der Waals surface area contributed by atoms with Crippen LogP contribution in [0, 0.1) is 0 Å². The van der Waals surface area contributed by atoms with Crippen LogP contribution in [0.5, 0.6) is 0 Å². The minimum atomic E-state index is -2.59. The first-order valence-corrected chi connectivity index (χ1v) is 18.0. The highest BCUT2D eigenvalue weighted by Gasteiger charge is 2.49. The summed E-state index contributed by atoms with van der Waals surface area (Å²) in [7, 11) is -2.59. The molecule has 0 saturated heterocycles. The van der Waals surface area contributed by atoms with Gasteiger partial charge in [-0.05, 0) is 65.2 Å². The molecule has 0 fully saturated rings. The first kappa shape index (κ1) is 34.3. The largest absolute Gasteiger partial charge is 0.462 e. The Morgan fingerprint density at radius 2 is 1.22 bits per heavy atom. The van der Waals surface area contributed by atoms with Gasteiger partial charge in [0.25, 0.3) is 8.32 Å². The van der Waals surface area contributed by atoms with Gasteiger partial charge in [-0.2, -0.15) is 0 Å². The summed E-state index contributed by atoms with van der Waals surface area (Å²) in [5.74, 6) is -0.345. The van der Waals surface area contributed by atoms with Crippen LogP contribution >= 0.6 is 0 Å². The van der Waals surface area contributed by atoms with Crippen LogP contribution in [0.3, 0.4) is 0 Å². The Balaban J connectivity index is 1.35. The molecule has 0 bridgehead atoms. The number of carbonyl (C=O) groups is 1. The summed E-state index contributed by atoms with van der Waals surface area (Å²) in [6.07, 6.45) is 2.48. The Kier molecular flexibility index (Phi) is 13.1. The number of hydrogen-bond acceptors (Lipinski definition) is 5. The molecule has 4 aromatic rings. The summed E-state index contributed by atoms with van der Waals surface area (Å²) in [6.45, 7) is 8.19. The van der Waals surface area contributed by atoms with Gasteiger partial charge in [0.1, 0.15) is 0 Å². The smallest absolute Gasteiger partial charge is 0.338 e. The van der Waals surface area contributed by atoms with E-state index >= 15 is 0 Å². The summed E-state index contributed by atoms with van der Waals surface area (Å²) >= 11 is 0. The quantitative estimate of drug-likeness (QED) is 0.0758. The maximum atomic E-state index is 12.3. The molecule has 0 aliphatic rings. The van der Waals surface area contributed by atoms with E-state index in [-0.39, 0.29) is 23.7 Å². The van der Waals surface area contributed by atoms with E-state index in [1.165, 1.54) is 10.4 Å². The second kappa shape index (κ2) is 17.2. The topological polar surface area (TPSA) is 65.0 Å². The molecule has 0 radical (unpaired) electrons. The first-order chi connectivity index (χ1) is 21.8. The minimum Gasteiger partial charge on any atom is -0.462 e. The van der Waals surface area contributed by atoms with Crippen molar-refractivity contribution in [1.29, 1.82) is 0 Å².